The molecular formula is C22H19FN4O2S. The summed E-state index contributed by atoms with van der Waals surface area (Å²) in [5, 5.41) is 10.8. The van der Waals surface area contributed by atoms with Crippen molar-refractivity contribution >= 4 is 39.1 Å². The number of fused-ring (bicyclic) bond motifs is 1. The largest absolute Gasteiger partial charge is 0.348 e. The Kier molecular flexibility index (Phi) is 5.33. The van der Waals surface area contributed by atoms with Crippen LogP contribution in [-0.2, 0) is 13.6 Å². The van der Waals surface area contributed by atoms with Crippen LogP contribution in [0.4, 0.5) is 10.1 Å². The van der Waals surface area contributed by atoms with E-state index in [2.05, 4.69) is 15.7 Å². The first-order valence-electron chi connectivity index (χ1n) is 9.28. The number of thiophene rings is 1. The molecule has 0 unspecified atom stereocenters. The molecule has 30 heavy (non-hydrogen) atoms. The fraction of sp³-hybridized carbons (Fsp3) is 0.136. The van der Waals surface area contributed by atoms with Gasteiger partial charge < -0.3 is 10.6 Å². The van der Waals surface area contributed by atoms with Crippen LogP contribution in [0.3, 0.4) is 0 Å². The molecule has 152 valence electrons. The highest BCUT2D eigenvalue weighted by atomic mass is 32.1. The number of halogens is 1. The maximum absolute atomic E-state index is 13.7. The average molecular weight is 422 g/mol. The van der Waals surface area contributed by atoms with E-state index < -0.39 is 0 Å². The van der Waals surface area contributed by atoms with Crippen LogP contribution in [0.1, 0.15) is 31.3 Å². The molecule has 8 heteroatoms. The van der Waals surface area contributed by atoms with E-state index in [-0.39, 0.29) is 24.2 Å². The number of aryl methyl sites for hydroxylation is 2. The first-order chi connectivity index (χ1) is 14.4. The Morgan fingerprint density at radius 2 is 1.83 bits per heavy atom. The highest BCUT2D eigenvalue weighted by molar-refractivity contribution is 7.20. The summed E-state index contributed by atoms with van der Waals surface area (Å²) in [5.74, 6) is -0.890. The summed E-state index contributed by atoms with van der Waals surface area (Å²) in [6.07, 6.45) is 0. The lowest BCUT2D eigenvalue weighted by atomic mass is 10.1. The zero-order chi connectivity index (χ0) is 21.3. The summed E-state index contributed by atoms with van der Waals surface area (Å²) >= 11 is 1.38. The molecule has 0 radical (unpaired) electrons. The number of amides is 2. The molecule has 2 N–H and O–H groups in total. The van der Waals surface area contributed by atoms with Gasteiger partial charge in [0.05, 0.1) is 10.6 Å². The van der Waals surface area contributed by atoms with Crippen LogP contribution in [0.2, 0.25) is 0 Å². The second-order valence-corrected chi connectivity index (χ2v) is 7.87. The topological polar surface area (TPSA) is 76.0 Å². The number of rotatable bonds is 5. The minimum Gasteiger partial charge on any atom is -0.348 e. The maximum atomic E-state index is 13.7. The summed E-state index contributed by atoms with van der Waals surface area (Å²) in [4.78, 5) is 26.4. The van der Waals surface area contributed by atoms with Crippen LogP contribution in [0.5, 0.6) is 0 Å². The van der Waals surface area contributed by atoms with Crippen molar-refractivity contribution in [1.29, 1.82) is 0 Å². The molecule has 0 bridgehead atoms. The molecule has 0 saturated heterocycles. The molecule has 4 rings (SSSR count). The van der Waals surface area contributed by atoms with Crippen LogP contribution in [0.15, 0.2) is 54.6 Å². The Morgan fingerprint density at radius 3 is 2.53 bits per heavy atom. The van der Waals surface area contributed by atoms with E-state index in [1.807, 2.05) is 20.0 Å². The van der Waals surface area contributed by atoms with Gasteiger partial charge in [0, 0.05) is 35.8 Å². The summed E-state index contributed by atoms with van der Waals surface area (Å²) in [6, 6.07) is 14.7. The molecule has 0 fully saturated rings. The normalized spacial score (nSPS) is 10.9. The Morgan fingerprint density at radius 1 is 1.10 bits per heavy atom. The molecule has 0 aliphatic heterocycles. The lowest BCUT2D eigenvalue weighted by Gasteiger charge is -2.08. The highest BCUT2D eigenvalue weighted by Crippen LogP contribution is 2.28. The molecule has 0 saturated carbocycles. The zero-order valence-electron chi connectivity index (χ0n) is 16.4. The van der Waals surface area contributed by atoms with E-state index in [9.17, 15) is 14.0 Å². The predicted octanol–water partition coefficient (Wildman–Crippen LogP) is 4.26. The molecule has 2 amide bonds. The number of aromatic nitrogens is 2. The van der Waals surface area contributed by atoms with Crippen molar-refractivity contribution in [1.82, 2.24) is 15.1 Å². The molecule has 0 spiro atoms. The molecule has 2 aromatic heterocycles. The van der Waals surface area contributed by atoms with E-state index in [4.69, 9.17) is 0 Å². The smallest absolute Gasteiger partial charge is 0.265 e. The number of benzene rings is 2. The Balaban J connectivity index is 1.40. The predicted molar refractivity (Wildman–Crippen MR) is 115 cm³/mol. The van der Waals surface area contributed by atoms with Crippen molar-refractivity contribution in [2.24, 2.45) is 7.05 Å². The van der Waals surface area contributed by atoms with E-state index in [0.29, 0.717) is 21.7 Å². The number of carbonyl (C=O) groups excluding carboxylic acids is 2. The Bertz CT molecular complexity index is 1210. The minimum atomic E-state index is -0.358. The monoisotopic (exact) mass is 422 g/mol. The standard InChI is InChI=1S/C22H19FN4O2S/c1-13-17-11-19(30-22(17)27(2)26-13)21(29)25-16-9-7-14(8-10-16)20(28)24-12-15-5-3-4-6-18(15)23/h3-11H,12H2,1-2H3,(H,24,28)(H,25,29). The van der Waals surface area contributed by atoms with Crippen LogP contribution >= 0.6 is 11.3 Å². The molecule has 0 atom stereocenters. The first-order valence-corrected chi connectivity index (χ1v) is 10.1. The number of hydrogen-bond donors (Lipinski definition) is 2. The van der Waals surface area contributed by atoms with Gasteiger partial charge in [0.25, 0.3) is 11.8 Å². The van der Waals surface area contributed by atoms with Gasteiger partial charge in [-0.25, -0.2) is 4.39 Å². The van der Waals surface area contributed by atoms with Crippen molar-refractivity contribution in [2.75, 3.05) is 5.32 Å². The lowest BCUT2D eigenvalue weighted by Crippen LogP contribution is -2.23. The summed E-state index contributed by atoms with van der Waals surface area (Å²) in [6.45, 7) is 2.01. The Hall–Kier alpha value is -3.52. The van der Waals surface area contributed by atoms with Gasteiger partial charge in [-0.05, 0) is 43.3 Å². The average Bonchev–Trinajstić information content (AvgIpc) is 3.29. The van der Waals surface area contributed by atoms with E-state index >= 15 is 0 Å². The summed E-state index contributed by atoms with van der Waals surface area (Å²) in [5.41, 5.74) is 2.31. The SMILES string of the molecule is Cc1nn(C)c2sc(C(=O)Nc3ccc(C(=O)NCc4ccccc4F)cc3)cc12. The van der Waals surface area contributed by atoms with Crippen molar-refractivity contribution in [3.63, 3.8) is 0 Å². The Labute approximate surface area is 176 Å². The van der Waals surface area contributed by atoms with Gasteiger partial charge in [-0.15, -0.1) is 11.3 Å². The quantitative estimate of drug-likeness (QED) is 0.504. The summed E-state index contributed by atoms with van der Waals surface area (Å²) in [7, 11) is 1.85. The highest BCUT2D eigenvalue weighted by Gasteiger charge is 2.15. The van der Waals surface area contributed by atoms with Gasteiger partial charge in [0.15, 0.2) is 0 Å². The molecule has 2 aromatic carbocycles. The van der Waals surface area contributed by atoms with Gasteiger partial charge in [0.2, 0.25) is 0 Å². The number of anilines is 1. The maximum Gasteiger partial charge on any atom is 0.265 e. The van der Waals surface area contributed by atoms with Crippen LogP contribution in [0, 0.1) is 12.7 Å². The van der Waals surface area contributed by atoms with Crippen molar-refractivity contribution < 1.29 is 14.0 Å². The molecule has 6 nitrogen and oxygen atoms in total. The van der Waals surface area contributed by atoms with E-state index in [0.717, 1.165) is 15.9 Å². The van der Waals surface area contributed by atoms with Gasteiger partial charge in [-0.1, -0.05) is 18.2 Å². The van der Waals surface area contributed by atoms with Crippen LogP contribution < -0.4 is 10.6 Å². The van der Waals surface area contributed by atoms with Gasteiger partial charge in [0.1, 0.15) is 10.6 Å². The summed E-state index contributed by atoms with van der Waals surface area (Å²) < 4.78 is 15.4. The molecule has 0 aliphatic rings. The number of carbonyl (C=O) groups is 2. The molecule has 4 aromatic rings. The number of nitrogens with zero attached hydrogens (tertiary/aromatic N) is 2. The zero-order valence-corrected chi connectivity index (χ0v) is 17.2. The molecular weight excluding hydrogens is 403 g/mol. The third-order valence-corrected chi connectivity index (χ3v) is 5.92. The van der Waals surface area contributed by atoms with Crippen LogP contribution in [0.25, 0.3) is 10.2 Å². The van der Waals surface area contributed by atoms with Crippen molar-refractivity contribution in [3.05, 3.63) is 82.1 Å². The fourth-order valence-corrected chi connectivity index (χ4v) is 4.15. The van der Waals surface area contributed by atoms with Crippen molar-refractivity contribution in [3.8, 4) is 0 Å². The fourth-order valence-electron chi connectivity index (χ4n) is 3.13. The lowest BCUT2D eigenvalue weighted by molar-refractivity contribution is 0.0950. The van der Waals surface area contributed by atoms with Crippen LogP contribution in [-0.4, -0.2) is 21.6 Å². The number of nitrogens with one attached hydrogen (secondary N) is 2. The second kappa shape index (κ2) is 8.08. The number of hydrogen-bond acceptors (Lipinski definition) is 4. The van der Waals surface area contributed by atoms with E-state index in [1.54, 1.807) is 47.1 Å². The van der Waals surface area contributed by atoms with Gasteiger partial charge in [-0.2, -0.15) is 5.10 Å². The van der Waals surface area contributed by atoms with Gasteiger partial charge in [-0.3, -0.25) is 14.3 Å². The second-order valence-electron chi connectivity index (χ2n) is 6.84. The first kappa shape index (κ1) is 19.8. The minimum absolute atomic E-state index is 0.101. The van der Waals surface area contributed by atoms with E-state index in [1.165, 1.54) is 17.4 Å². The third kappa shape index (κ3) is 3.95. The van der Waals surface area contributed by atoms with Gasteiger partial charge >= 0.3 is 0 Å². The van der Waals surface area contributed by atoms with Crippen molar-refractivity contribution in [2.45, 2.75) is 13.5 Å². The third-order valence-electron chi connectivity index (χ3n) is 4.72. The molecule has 2 heterocycles. The molecule has 0 aliphatic carbocycles.